The number of aromatic nitrogens is 1. The van der Waals surface area contributed by atoms with E-state index in [1.54, 1.807) is 41.8 Å². The van der Waals surface area contributed by atoms with Gasteiger partial charge in [0.25, 0.3) is 10.0 Å². The monoisotopic (exact) mass is 689 g/mol. The van der Waals surface area contributed by atoms with E-state index in [0.29, 0.717) is 12.1 Å². The number of hydrogen-bond acceptors (Lipinski definition) is 10. The van der Waals surface area contributed by atoms with Crippen LogP contribution in [0.2, 0.25) is 0 Å². The van der Waals surface area contributed by atoms with Crippen LogP contribution in [0.3, 0.4) is 0 Å². The van der Waals surface area contributed by atoms with Gasteiger partial charge in [0.15, 0.2) is 5.01 Å². The first-order chi connectivity index (χ1) is 21.7. The Kier molecular flexibility index (Phi) is 11.3. The van der Waals surface area contributed by atoms with Gasteiger partial charge in [0, 0.05) is 23.8 Å². The van der Waals surface area contributed by atoms with E-state index >= 15 is 0 Å². The molecular weight excluding hydrogens is 655 g/mol. The van der Waals surface area contributed by atoms with Gasteiger partial charge < -0.3 is 16.0 Å². The number of Topliss-reactive ketones (excluding diaryl/α,β-unsaturated/α-hetero) is 1. The van der Waals surface area contributed by atoms with E-state index in [1.165, 1.54) is 23.2 Å². The summed E-state index contributed by atoms with van der Waals surface area (Å²) in [4.78, 5) is 49.5. The van der Waals surface area contributed by atoms with Crippen molar-refractivity contribution in [2.24, 2.45) is 10.7 Å². The van der Waals surface area contributed by atoms with Crippen molar-refractivity contribution in [2.75, 3.05) is 24.2 Å². The van der Waals surface area contributed by atoms with Crippen LogP contribution in [-0.4, -0.2) is 76.8 Å². The number of para-hydroxylation sites is 1. The molecule has 1 aliphatic rings. The second kappa shape index (κ2) is 14.9. The first-order valence-corrected chi connectivity index (χ1v) is 18.5. The number of aryl methyl sites for hydroxylation is 2. The topological polar surface area (TPSA) is 210 Å². The minimum Gasteiger partial charge on any atom is -0.369 e. The molecule has 2 amide bonds. The number of nitrogens with zero attached hydrogens (tertiary/aromatic N) is 3. The maximum Gasteiger partial charge on any atom is 0.264 e. The number of rotatable bonds is 13. The number of sulfonamides is 2. The Morgan fingerprint density at radius 1 is 1.13 bits per heavy atom. The molecule has 5 N–H and O–H groups in total. The van der Waals surface area contributed by atoms with Crippen LogP contribution >= 0.6 is 11.3 Å². The Morgan fingerprint density at radius 3 is 2.52 bits per heavy atom. The number of carbonyl (C=O) groups is 3. The molecule has 0 bridgehead atoms. The molecular formula is C29H35N7O7S3. The van der Waals surface area contributed by atoms with Crippen molar-refractivity contribution in [1.29, 1.82) is 0 Å². The van der Waals surface area contributed by atoms with Gasteiger partial charge in [-0.05, 0) is 56.4 Å². The van der Waals surface area contributed by atoms with Crippen LogP contribution in [0.5, 0.6) is 0 Å². The number of benzene rings is 2. The molecule has 1 aliphatic heterocycles. The van der Waals surface area contributed by atoms with Gasteiger partial charge in [0.2, 0.25) is 33.6 Å². The molecule has 1 aromatic heterocycles. The summed E-state index contributed by atoms with van der Waals surface area (Å²) in [6, 6.07) is 11.1. The Bertz CT molecular complexity index is 1810. The molecule has 0 saturated carbocycles. The Labute approximate surface area is 271 Å². The normalized spacial score (nSPS) is 16.3. The van der Waals surface area contributed by atoms with Gasteiger partial charge in [-0.1, -0.05) is 35.9 Å². The number of hydrogen-bond donors (Lipinski definition) is 4. The van der Waals surface area contributed by atoms with Crippen LogP contribution in [-0.2, 0) is 36.1 Å². The van der Waals surface area contributed by atoms with E-state index in [1.807, 2.05) is 6.92 Å². The molecule has 0 saturated heterocycles. The standard InChI is InChI=1S/C29H35N7O7S3/c1-19-9-12-21(13-10-19)46(42,43)35-29(30)32-15-5-7-22(26(38)27-31-16-17-44-27)33-25(37)18-36-24-8-4-3-6-20(24)11-14-23(28(36)39)34-45(2,40)41/h3-4,6,8-10,12-13,16-17,22-23,34H,5,7,11,14-15,18H2,1-2H3,(H,33,37)(H3,30,32,35)/t22-,23?/m1/s1. The molecule has 3 aromatic rings. The molecule has 2 heterocycles. The molecule has 0 aliphatic carbocycles. The molecule has 246 valence electrons. The second-order valence-corrected chi connectivity index (χ2v) is 15.0. The summed E-state index contributed by atoms with van der Waals surface area (Å²) in [5.41, 5.74) is 7.95. The summed E-state index contributed by atoms with van der Waals surface area (Å²) < 4.78 is 53.6. The van der Waals surface area contributed by atoms with Crippen LogP contribution < -0.4 is 25.4 Å². The zero-order valence-electron chi connectivity index (χ0n) is 25.2. The van der Waals surface area contributed by atoms with Crippen LogP contribution in [0.15, 0.2) is 70.0 Å². The molecule has 0 spiro atoms. The van der Waals surface area contributed by atoms with Crippen molar-refractivity contribution < 1.29 is 31.2 Å². The van der Waals surface area contributed by atoms with Gasteiger partial charge >= 0.3 is 0 Å². The maximum atomic E-state index is 13.5. The number of thiazole rings is 1. The number of aliphatic imine (C=N–C) groups is 1. The number of nitrogens with two attached hydrogens (primary N) is 1. The van der Waals surface area contributed by atoms with Gasteiger partial charge in [-0.15, -0.1) is 11.3 Å². The number of fused-ring (bicyclic) bond motifs is 1. The molecule has 1 unspecified atom stereocenters. The van der Waals surface area contributed by atoms with E-state index in [-0.39, 0.29) is 41.7 Å². The lowest BCUT2D eigenvalue weighted by molar-refractivity contribution is -0.124. The fraction of sp³-hybridized carbons (Fsp3) is 0.345. The van der Waals surface area contributed by atoms with E-state index in [2.05, 4.69) is 24.7 Å². The van der Waals surface area contributed by atoms with Gasteiger partial charge in [0.05, 0.1) is 17.2 Å². The summed E-state index contributed by atoms with van der Waals surface area (Å²) in [5.74, 6) is -2.01. The number of nitrogens with one attached hydrogen (secondary N) is 3. The smallest absolute Gasteiger partial charge is 0.264 e. The minimum absolute atomic E-state index is 0.0250. The predicted molar refractivity (Wildman–Crippen MR) is 174 cm³/mol. The van der Waals surface area contributed by atoms with Crippen molar-refractivity contribution in [3.63, 3.8) is 0 Å². The lowest BCUT2D eigenvalue weighted by atomic mass is 10.1. The Hall–Kier alpha value is -4.19. The van der Waals surface area contributed by atoms with Crippen LogP contribution in [0.4, 0.5) is 5.69 Å². The Balaban J connectivity index is 1.45. The SMILES string of the molecule is Cc1ccc(S(=O)(=O)NC(N)=NCCC[C@@H](NC(=O)CN2C(=O)C(NS(C)(=O)=O)CCc3ccccc32)C(=O)c2nccs2)cc1. The highest BCUT2D eigenvalue weighted by molar-refractivity contribution is 7.90. The van der Waals surface area contributed by atoms with Gasteiger partial charge in [-0.3, -0.25) is 19.4 Å². The molecule has 2 aromatic carbocycles. The van der Waals surface area contributed by atoms with Crippen molar-refractivity contribution in [2.45, 2.75) is 49.6 Å². The number of anilines is 1. The minimum atomic E-state index is -3.94. The Morgan fingerprint density at radius 2 is 1.85 bits per heavy atom. The van der Waals surface area contributed by atoms with E-state index in [9.17, 15) is 31.2 Å². The largest absolute Gasteiger partial charge is 0.369 e. The molecule has 17 heteroatoms. The fourth-order valence-corrected chi connectivity index (χ4v) is 7.15. The molecule has 4 rings (SSSR count). The second-order valence-electron chi connectivity index (χ2n) is 10.7. The maximum absolute atomic E-state index is 13.5. The summed E-state index contributed by atoms with van der Waals surface area (Å²) in [6.07, 6.45) is 3.38. The fourth-order valence-electron chi connectivity index (χ4n) is 4.83. The lowest BCUT2D eigenvalue weighted by Gasteiger charge is -2.26. The van der Waals surface area contributed by atoms with Crippen molar-refractivity contribution in [3.8, 4) is 0 Å². The molecule has 46 heavy (non-hydrogen) atoms. The van der Waals surface area contributed by atoms with Gasteiger partial charge in [-0.25, -0.2) is 31.3 Å². The average Bonchev–Trinajstić information content (AvgIpc) is 3.50. The third-order valence-electron chi connectivity index (χ3n) is 7.01. The van der Waals surface area contributed by atoms with E-state index in [0.717, 1.165) is 28.7 Å². The van der Waals surface area contributed by atoms with Crippen LogP contribution in [0.1, 0.15) is 40.2 Å². The zero-order valence-corrected chi connectivity index (χ0v) is 27.6. The highest BCUT2D eigenvalue weighted by Crippen LogP contribution is 2.27. The average molecular weight is 690 g/mol. The van der Waals surface area contributed by atoms with Crippen molar-refractivity contribution in [1.82, 2.24) is 19.7 Å². The summed E-state index contributed by atoms with van der Waals surface area (Å²) >= 11 is 1.10. The van der Waals surface area contributed by atoms with Gasteiger partial charge in [0.1, 0.15) is 12.6 Å². The van der Waals surface area contributed by atoms with Crippen molar-refractivity contribution >= 4 is 60.6 Å². The number of ketones is 1. The molecule has 0 fully saturated rings. The number of amides is 2. The zero-order chi connectivity index (χ0) is 33.5. The summed E-state index contributed by atoms with van der Waals surface area (Å²) in [7, 11) is -7.66. The first-order valence-electron chi connectivity index (χ1n) is 14.2. The lowest BCUT2D eigenvalue weighted by Crippen LogP contribution is -2.52. The highest BCUT2D eigenvalue weighted by Gasteiger charge is 2.34. The van der Waals surface area contributed by atoms with E-state index < -0.39 is 56.3 Å². The third kappa shape index (κ3) is 9.41. The number of carbonyl (C=O) groups excluding carboxylic acids is 3. The van der Waals surface area contributed by atoms with Crippen LogP contribution in [0, 0.1) is 6.92 Å². The highest BCUT2D eigenvalue weighted by atomic mass is 32.2. The molecule has 14 nitrogen and oxygen atoms in total. The number of guanidine groups is 1. The molecule has 2 atom stereocenters. The quantitative estimate of drug-likeness (QED) is 0.0875. The predicted octanol–water partition coefficient (Wildman–Crippen LogP) is 1.09. The molecule has 0 radical (unpaired) electrons. The first kappa shape index (κ1) is 34.7. The third-order valence-corrected chi connectivity index (χ3v) is 9.88. The summed E-state index contributed by atoms with van der Waals surface area (Å²) in [6.45, 7) is 1.40. The van der Waals surface area contributed by atoms with Crippen LogP contribution in [0.25, 0.3) is 0 Å². The summed E-state index contributed by atoms with van der Waals surface area (Å²) in [5, 5.41) is 4.49. The van der Waals surface area contributed by atoms with E-state index in [4.69, 9.17) is 5.73 Å². The van der Waals surface area contributed by atoms with Gasteiger partial charge in [-0.2, -0.15) is 0 Å². The van der Waals surface area contributed by atoms with Crippen molar-refractivity contribution in [3.05, 3.63) is 76.2 Å².